The third-order valence-corrected chi connectivity index (χ3v) is 4.98. The number of benzene rings is 2. The van der Waals surface area contributed by atoms with Crippen LogP contribution in [0.4, 0.5) is 11.4 Å². The van der Waals surface area contributed by atoms with E-state index in [2.05, 4.69) is 48.7 Å². The average Bonchev–Trinajstić information content (AvgIpc) is 3.03. The Labute approximate surface area is 160 Å². The lowest BCUT2D eigenvalue weighted by atomic mass is 10.1. The molecule has 2 N–H and O–H groups in total. The number of rotatable bonds is 4. The Morgan fingerprint density at radius 3 is 2.54 bits per heavy atom. The normalized spacial score (nSPS) is 15.0. The molecule has 2 aromatic rings. The van der Waals surface area contributed by atoms with E-state index < -0.39 is 0 Å². The zero-order valence-corrected chi connectivity index (χ0v) is 16.3. The molecule has 0 spiro atoms. The van der Waals surface area contributed by atoms with Crippen molar-refractivity contribution in [2.45, 2.75) is 39.7 Å². The minimum atomic E-state index is 0.112. The van der Waals surface area contributed by atoms with Crippen molar-refractivity contribution in [2.75, 3.05) is 16.8 Å². The van der Waals surface area contributed by atoms with E-state index in [1.54, 1.807) is 0 Å². The Balaban J connectivity index is 1.67. The number of nitrogens with zero attached hydrogens (tertiary/aromatic N) is 1. The van der Waals surface area contributed by atoms with Gasteiger partial charge in [-0.1, -0.05) is 35.9 Å². The molecule has 5 heteroatoms. The molecular formula is C21H25N3OS. The highest BCUT2D eigenvalue weighted by atomic mass is 32.1. The monoisotopic (exact) mass is 367 g/mol. The first-order chi connectivity index (χ1) is 12.4. The number of hydrogen-bond donors (Lipinski definition) is 2. The molecule has 26 heavy (non-hydrogen) atoms. The van der Waals surface area contributed by atoms with Gasteiger partial charge in [0.2, 0.25) is 5.91 Å². The summed E-state index contributed by atoms with van der Waals surface area (Å²) in [6.07, 6.45) is 1.55. The molecule has 0 aliphatic carbocycles. The summed E-state index contributed by atoms with van der Waals surface area (Å²) < 4.78 is 0. The predicted molar refractivity (Wildman–Crippen MR) is 112 cm³/mol. The maximum atomic E-state index is 12.1. The first-order valence-corrected chi connectivity index (χ1v) is 9.40. The average molecular weight is 368 g/mol. The second kappa shape index (κ2) is 7.87. The fourth-order valence-electron chi connectivity index (χ4n) is 3.18. The number of hydrogen-bond acceptors (Lipinski definition) is 2. The van der Waals surface area contributed by atoms with Crippen LogP contribution in [-0.2, 0) is 4.79 Å². The second-order valence-electron chi connectivity index (χ2n) is 6.88. The summed E-state index contributed by atoms with van der Waals surface area (Å²) in [5.41, 5.74) is 5.38. The highest BCUT2D eigenvalue weighted by Crippen LogP contribution is 2.28. The zero-order valence-electron chi connectivity index (χ0n) is 15.5. The Morgan fingerprint density at radius 2 is 1.88 bits per heavy atom. The van der Waals surface area contributed by atoms with Gasteiger partial charge in [-0.3, -0.25) is 4.79 Å². The third-order valence-electron chi connectivity index (χ3n) is 4.76. The molecule has 0 aromatic heterocycles. The Bertz CT molecular complexity index is 817. The number of aryl methyl sites for hydroxylation is 2. The Morgan fingerprint density at radius 1 is 1.15 bits per heavy atom. The molecule has 1 amide bonds. The largest absolute Gasteiger partial charge is 0.356 e. The molecule has 0 unspecified atom stereocenters. The van der Waals surface area contributed by atoms with Crippen LogP contribution in [0.15, 0.2) is 42.5 Å². The van der Waals surface area contributed by atoms with Crippen LogP contribution in [0, 0.1) is 13.8 Å². The molecule has 4 nitrogen and oxygen atoms in total. The molecule has 1 fully saturated rings. The van der Waals surface area contributed by atoms with E-state index in [9.17, 15) is 4.79 Å². The SMILES string of the molecule is Cc1ccc([C@H](C)NC(=S)Nc2ccc(C)c(N3CCCC3=O)c2)cc1. The van der Waals surface area contributed by atoms with Gasteiger partial charge in [0.1, 0.15) is 0 Å². The van der Waals surface area contributed by atoms with Gasteiger partial charge in [-0.15, -0.1) is 0 Å². The fourth-order valence-corrected chi connectivity index (χ4v) is 3.48. The van der Waals surface area contributed by atoms with E-state index in [-0.39, 0.29) is 11.9 Å². The predicted octanol–water partition coefficient (Wildman–Crippen LogP) is 4.48. The first kappa shape index (κ1) is 18.4. The molecule has 1 aliphatic heterocycles. The van der Waals surface area contributed by atoms with Crippen molar-refractivity contribution in [3.63, 3.8) is 0 Å². The number of carbonyl (C=O) groups is 1. The van der Waals surface area contributed by atoms with Gasteiger partial charge in [0.05, 0.1) is 6.04 Å². The van der Waals surface area contributed by atoms with Crippen LogP contribution in [-0.4, -0.2) is 17.6 Å². The van der Waals surface area contributed by atoms with Crippen molar-refractivity contribution in [3.8, 4) is 0 Å². The maximum absolute atomic E-state index is 12.1. The van der Waals surface area contributed by atoms with Crippen molar-refractivity contribution < 1.29 is 4.79 Å². The molecule has 1 aliphatic rings. The molecule has 1 atom stereocenters. The van der Waals surface area contributed by atoms with Crippen molar-refractivity contribution in [2.24, 2.45) is 0 Å². The zero-order chi connectivity index (χ0) is 18.7. The Kier molecular flexibility index (Phi) is 5.57. The van der Waals surface area contributed by atoms with Crippen LogP contribution in [0.2, 0.25) is 0 Å². The van der Waals surface area contributed by atoms with Crippen LogP contribution in [0.1, 0.15) is 42.5 Å². The van der Waals surface area contributed by atoms with E-state index >= 15 is 0 Å². The summed E-state index contributed by atoms with van der Waals surface area (Å²) >= 11 is 5.47. The number of amides is 1. The minimum absolute atomic E-state index is 0.112. The van der Waals surface area contributed by atoms with Gasteiger partial charge >= 0.3 is 0 Å². The molecule has 0 bridgehead atoms. The van der Waals surface area contributed by atoms with Crippen LogP contribution in [0.25, 0.3) is 0 Å². The van der Waals surface area contributed by atoms with Crippen LogP contribution >= 0.6 is 12.2 Å². The minimum Gasteiger partial charge on any atom is -0.356 e. The summed E-state index contributed by atoms with van der Waals surface area (Å²) in [6.45, 7) is 6.98. The van der Waals surface area contributed by atoms with E-state index in [1.165, 1.54) is 11.1 Å². The van der Waals surface area contributed by atoms with E-state index in [0.717, 1.165) is 29.9 Å². The maximum Gasteiger partial charge on any atom is 0.227 e. The van der Waals surface area contributed by atoms with Gasteiger partial charge in [0.15, 0.2) is 5.11 Å². The van der Waals surface area contributed by atoms with Crippen molar-refractivity contribution >= 4 is 34.6 Å². The lowest BCUT2D eigenvalue weighted by Crippen LogP contribution is -2.31. The molecule has 136 valence electrons. The number of thiocarbonyl (C=S) groups is 1. The molecule has 3 rings (SSSR count). The van der Waals surface area contributed by atoms with Crippen LogP contribution < -0.4 is 15.5 Å². The van der Waals surface area contributed by atoms with Crippen molar-refractivity contribution in [3.05, 3.63) is 59.2 Å². The lowest BCUT2D eigenvalue weighted by molar-refractivity contribution is -0.117. The highest BCUT2D eigenvalue weighted by Gasteiger charge is 2.23. The smallest absolute Gasteiger partial charge is 0.227 e. The van der Waals surface area contributed by atoms with Gasteiger partial charge in [0.25, 0.3) is 0 Å². The quantitative estimate of drug-likeness (QED) is 0.782. The summed E-state index contributed by atoms with van der Waals surface area (Å²) in [6, 6.07) is 14.5. The number of anilines is 2. The van der Waals surface area contributed by atoms with E-state index in [4.69, 9.17) is 12.2 Å². The topological polar surface area (TPSA) is 44.4 Å². The van der Waals surface area contributed by atoms with Crippen molar-refractivity contribution in [1.82, 2.24) is 5.32 Å². The third kappa shape index (κ3) is 4.22. The summed E-state index contributed by atoms with van der Waals surface area (Å²) in [7, 11) is 0. The van der Waals surface area contributed by atoms with Gasteiger partial charge in [-0.05, 0) is 62.7 Å². The highest BCUT2D eigenvalue weighted by molar-refractivity contribution is 7.80. The fraction of sp³-hybridized carbons (Fsp3) is 0.333. The van der Waals surface area contributed by atoms with Gasteiger partial charge in [0, 0.05) is 24.3 Å². The molecule has 0 radical (unpaired) electrons. The summed E-state index contributed by atoms with van der Waals surface area (Å²) in [5, 5.41) is 7.13. The molecule has 0 saturated carbocycles. The van der Waals surface area contributed by atoms with Gasteiger partial charge < -0.3 is 15.5 Å². The number of carbonyl (C=O) groups excluding carboxylic acids is 1. The van der Waals surface area contributed by atoms with Crippen LogP contribution in [0.5, 0.6) is 0 Å². The first-order valence-electron chi connectivity index (χ1n) is 8.99. The molecule has 2 aromatic carbocycles. The standard InChI is InChI=1S/C21H25N3OS/c1-14-6-9-17(10-7-14)16(3)22-21(26)23-18-11-8-15(2)19(13-18)24-12-4-5-20(24)25/h6-11,13,16H,4-5,12H2,1-3H3,(H2,22,23,26)/t16-/m0/s1. The van der Waals surface area contributed by atoms with E-state index in [0.29, 0.717) is 11.5 Å². The van der Waals surface area contributed by atoms with Gasteiger partial charge in [-0.25, -0.2) is 0 Å². The summed E-state index contributed by atoms with van der Waals surface area (Å²) in [5.74, 6) is 0.193. The molecule has 1 saturated heterocycles. The lowest BCUT2D eigenvalue weighted by Gasteiger charge is -2.21. The molecule has 1 heterocycles. The van der Waals surface area contributed by atoms with Crippen molar-refractivity contribution in [1.29, 1.82) is 0 Å². The molecular weight excluding hydrogens is 342 g/mol. The summed E-state index contributed by atoms with van der Waals surface area (Å²) in [4.78, 5) is 13.9. The van der Waals surface area contributed by atoms with Crippen LogP contribution in [0.3, 0.4) is 0 Å². The van der Waals surface area contributed by atoms with E-state index in [1.807, 2.05) is 30.0 Å². The second-order valence-corrected chi connectivity index (χ2v) is 7.29. The number of nitrogens with one attached hydrogen (secondary N) is 2. The van der Waals surface area contributed by atoms with Gasteiger partial charge in [-0.2, -0.15) is 0 Å². The Hall–Kier alpha value is -2.40.